The maximum absolute atomic E-state index is 12.2. The van der Waals surface area contributed by atoms with E-state index in [0.29, 0.717) is 24.3 Å². The predicted molar refractivity (Wildman–Crippen MR) is 87.3 cm³/mol. The lowest BCUT2D eigenvalue weighted by Gasteiger charge is -2.35. The van der Waals surface area contributed by atoms with Crippen LogP contribution in [-0.2, 0) is 4.79 Å². The molecule has 3 unspecified atom stereocenters. The topological polar surface area (TPSA) is 44.4 Å². The Morgan fingerprint density at radius 2 is 2.19 bits per heavy atom. The number of likely N-dealkylation sites (N-methyl/N-ethyl adjacent to an activating group) is 1. The van der Waals surface area contributed by atoms with Gasteiger partial charge in [-0.3, -0.25) is 9.69 Å². The van der Waals surface area contributed by atoms with Crippen LogP contribution in [0.2, 0.25) is 0 Å². The number of nitrogens with zero attached hydrogens (tertiary/aromatic N) is 1. The largest absolute Gasteiger partial charge is 0.355 e. The van der Waals surface area contributed by atoms with Crippen molar-refractivity contribution in [2.75, 3.05) is 32.7 Å². The van der Waals surface area contributed by atoms with E-state index in [4.69, 9.17) is 0 Å². The van der Waals surface area contributed by atoms with Gasteiger partial charge in [0.25, 0.3) is 0 Å². The van der Waals surface area contributed by atoms with E-state index in [0.717, 1.165) is 26.2 Å². The third-order valence-electron chi connectivity index (χ3n) is 5.34. The Bertz CT molecular complexity index is 315. The quantitative estimate of drug-likeness (QED) is 0.788. The van der Waals surface area contributed by atoms with Crippen LogP contribution in [0.25, 0.3) is 0 Å². The fraction of sp³-hybridized carbons (Fsp3) is 0.941. The average Bonchev–Trinajstić information content (AvgIpc) is 2.54. The molecule has 4 heteroatoms. The molecule has 0 aromatic rings. The second kappa shape index (κ2) is 8.74. The molecular weight excluding hydrogens is 262 g/mol. The standard InChI is InChI=1S/C17H33N3O/c1-3-20-10-5-4-8-16(20)13-19-17(21)11-14(2)15-7-6-9-18-12-15/h14-16,18H,3-13H2,1-2H3,(H,19,21). The number of carbonyl (C=O) groups is 1. The summed E-state index contributed by atoms with van der Waals surface area (Å²) in [5, 5.41) is 6.63. The van der Waals surface area contributed by atoms with Crippen LogP contribution in [-0.4, -0.2) is 49.6 Å². The molecule has 0 aromatic carbocycles. The van der Waals surface area contributed by atoms with Gasteiger partial charge in [-0.1, -0.05) is 20.3 Å². The summed E-state index contributed by atoms with van der Waals surface area (Å²) in [6.07, 6.45) is 7.06. The summed E-state index contributed by atoms with van der Waals surface area (Å²) in [7, 11) is 0. The van der Waals surface area contributed by atoms with Gasteiger partial charge >= 0.3 is 0 Å². The summed E-state index contributed by atoms with van der Waals surface area (Å²) in [5.74, 6) is 1.41. The Morgan fingerprint density at radius 1 is 1.33 bits per heavy atom. The highest BCUT2D eigenvalue weighted by Gasteiger charge is 2.24. The lowest BCUT2D eigenvalue weighted by molar-refractivity contribution is -0.122. The number of piperidine rings is 2. The molecule has 0 radical (unpaired) electrons. The molecule has 2 rings (SSSR count). The summed E-state index contributed by atoms with van der Waals surface area (Å²) in [6.45, 7) is 9.81. The van der Waals surface area contributed by atoms with Gasteiger partial charge < -0.3 is 10.6 Å². The van der Waals surface area contributed by atoms with Gasteiger partial charge in [0.2, 0.25) is 5.91 Å². The minimum atomic E-state index is 0.245. The monoisotopic (exact) mass is 295 g/mol. The van der Waals surface area contributed by atoms with Crippen molar-refractivity contribution in [1.29, 1.82) is 0 Å². The van der Waals surface area contributed by atoms with Crippen LogP contribution in [0.4, 0.5) is 0 Å². The fourth-order valence-electron chi connectivity index (χ4n) is 3.83. The SMILES string of the molecule is CCN1CCCCC1CNC(=O)CC(C)C1CCCNC1. The molecule has 0 aliphatic carbocycles. The van der Waals surface area contributed by atoms with Crippen LogP contribution in [0.3, 0.4) is 0 Å². The number of amides is 1. The number of rotatable bonds is 6. The first-order chi connectivity index (χ1) is 10.2. The molecule has 2 heterocycles. The van der Waals surface area contributed by atoms with E-state index in [9.17, 15) is 4.79 Å². The summed E-state index contributed by atoms with van der Waals surface area (Å²) in [6, 6.07) is 0.555. The van der Waals surface area contributed by atoms with Gasteiger partial charge in [0.1, 0.15) is 0 Å². The first kappa shape index (κ1) is 16.8. The molecule has 2 aliphatic rings. The second-order valence-corrected chi connectivity index (χ2v) is 6.87. The zero-order valence-corrected chi connectivity index (χ0v) is 13.9. The molecule has 0 saturated carbocycles. The predicted octanol–water partition coefficient (Wildman–Crippen LogP) is 2.00. The van der Waals surface area contributed by atoms with Gasteiger partial charge in [-0.05, 0) is 63.7 Å². The number of likely N-dealkylation sites (tertiary alicyclic amines) is 1. The van der Waals surface area contributed by atoms with Crippen molar-refractivity contribution < 1.29 is 4.79 Å². The molecular formula is C17H33N3O. The summed E-state index contributed by atoms with van der Waals surface area (Å²) in [4.78, 5) is 14.7. The first-order valence-electron chi connectivity index (χ1n) is 8.92. The molecule has 2 N–H and O–H groups in total. The Balaban J connectivity index is 1.68. The molecule has 2 fully saturated rings. The summed E-state index contributed by atoms with van der Waals surface area (Å²) >= 11 is 0. The van der Waals surface area contributed by atoms with Crippen LogP contribution < -0.4 is 10.6 Å². The Labute approximate surface area is 130 Å². The molecule has 2 saturated heterocycles. The van der Waals surface area contributed by atoms with Crippen LogP contribution in [0.1, 0.15) is 52.4 Å². The molecule has 3 atom stereocenters. The van der Waals surface area contributed by atoms with Crippen LogP contribution >= 0.6 is 0 Å². The smallest absolute Gasteiger partial charge is 0.220 e. The van der Waals surface area contributed by atoms with Crippen molar-refractivity contribution >= 4 is 5.91 Å². The van der Waals surface area contributed by atoms with E-state index in [2.05, 4.69) is 29.4 Å². The van der Waals surface area contributed by atoms with Crippen LogP contribution in [0.15, 0.2) is 0 Å². The first-order valence-corrected chi connectivity index (χ1v) is 8.92. The van der Waals surface area contributed by atoms with Gasteiger partial charge in [-0.2, -0.15) is 0 Å². The molecule has 4 nitrogen and oxygen atoms in total. The van der Waals surface area contributed by atoms with Crippen molar-refractivity contribution in [1.82, 2.24) is 15.5 Å². The molecule has 2 aliphatic heterocycles. The van der Waals surface area contributed by atoms with Gasteiger partial charge in [0, 0.05) is 19.0 Å². The normalized spacial score (nSPS) is 29.0. The third-order valence-corrected chi connectivity index (χ3v) is 5.34. The van der Waals surface area contributed by atoms with Crippen molar-refractivity contribution in [2.24, 2.45) is 11.8 Å². The number of hydrogen-bond acceptors (Lipinski definition) is 3. The average molecular weight is 295 g/mol. The third kappa shape index (κ3) is 5.26. The summed E-state index contributed by atoms with van der Waals surface area (Å²) in [5.41, 5.74) is 0. The van der Waals surface area contributed by atoms with E-state index in [-0.39, 0.29) is 5.91 Å². The van der Waals surface area contributed by atoms with Crippen molar-refractivity contribution in [3.63, 3.8) is 0 Å². The molecule has 1 amide bonds. The van der Waals surface area contributed by atoms with Crippen molar-refractivity contribution in [2.45, 2.75) is 58.4 Å². The highest BCUT2D eigenvalue weighted by atomic mass is 16.1. The number of nitrogens with one attached hydrogen (secondary N) is 2. The second-order valence-electron chi connectivity index (χ2n) is 6.87. The van der Waals surface area contributed by atoms with Crippen LogP contribution in [0.5, 0.6) is 0 Å². The molecule has 21 heavy (non-hydrogen) atoms. The van der Waals surface area contributed by atoms with Gasteiger partial charge in [-0.15, -0.1) is 0 Å². The highest BCUT2D eigenvalue weighted by molar-refractivity contribution is 5.76. The van der Waals surface area contributed by atoms with Crippen molar-refractivity contribution in [3.05, 3.63) is 0 Å². The van der Waals surface area contributed by atoms with E-state index < -0.39 is 0 Å². The van der Waals surface area contributed by atoms with E-state index in [1.807, 2.05) is 0 Å². The van der Waals surface area contributed by atoms with Gasteiger partial charge in [0.05, 0.1) is 0 Å². The summed E-state index contributed by atoms with van der Waals surface area (Å²) < 4.78 is 0. The molecule has 0 spiro atoms. The van der Waals surface area contributed by atoms with E-state index in [1.165, 1.54) is 38.6 Å². The van der Waals surface area contributed by atoms with Crippen LogP contribution in [0, 0.1) is 11.8 Å². The maximum atomic E-state index is 12.2. The fourth-order valence-corrected chi connectivity index (χ4v) is 3.83. The molecule has 0 bridgehead atoms. The zero-order chi connectivity index (χ0) is 15.1. The minimum Gasteiger partial charge on any atom is -0.355 e. The molecule has 0 aromatic heterocycles. The highest BCUT2D eigenvalue weighted by Crippen LogP contribution is 2.22. The molecule has 122 valence electrons. The number of hydrogen-bond donors (Lipinski definition) is 2. The van der Waals surface area contributed by atoms with E-state index in [1.54, 1.807) is 0 Å². The minimum absolute atomic E-state index is 0.245. The van der Waals surface area contributed by atoms with Gasteiger partial charge in [-0.25, -0.2) is 0 Å². The maximum Gasteiger partial charge on any atom is 0.220 e. The van der Waals surface area contributed by atoms with Crippen molar-refractivity contribution in [3.8, 4) is 0 Å². The van der Waals surface area contributed by atoms with Gasteiger partial charge in [0.15, 0.2) is 0 Å². The van der Waals surface area contributed by atoms with E-state index >= 15 is 0 Å². The lowest BCUT2D eigenvalue weighted by atomic mass is 9.85. The number of carbonyl (C=O) groups excluding carboxylic acids is 1. The Hall–Kier alpha value is -0.610. The Kier molecular flexibility index (Phi) is 6.97. The Morgan fingerprint density at radius 3 is 2.90 bits per heavy atom. The zero-order valence-electron chi connectivity index (χ0n) is 13.9. The lowest BCUT2D eigenvalue weighted by Crippen LogP contribution is -2.46.